The third kappa shape index (κ3) is 3.89. The minimum atomic E-state index is 0.203. The molecule has 1 saturated heterocycles. The summed E-state index contributed by atoms with van der Waals surface area (Å²) in [7, 11) is 3.33. The molecule has 4 heteroatoms. The van der Waals surface area contributed by atoms with Crippen molar-refractivity contribution in [3.63, 3.8) is 0 Å². The summed E-state index contributed by atoms with van der Waals surface area (Å²) in [6, 6.07) is 6.32. The summed E-state index contributed by atoms with van der Waals surface area (Å²) in [6.07, 6.45) is 3.90. The number of rotatable bonds is 7. The Morgan fingerprint density at radius 2 is 2.00 bits per heavy atom. The highest BCUT2D eigenvalue weighted by molar-refractivity contribution is 5.44. The maximum absolute atomic E-state index is 6.07. The Morgan fingerprint density at radius 3 is 2.57 bits per heavy atom. The largest absolute Gasteiger partial charge is 0.493 e. The predicted molar refractivity (Wildman–Crippen MR) is 84.1 cm³/mol. The quantitative estimate of drug-likeness (QED) is 0.837. The fraction of sp³-hybridized carbons (Fsp3) is 0.647. The summed E-state index contributed by atoms with van der Waals surface area (Å²) in [4.78, 5) is 0. The van der Waals surface area contributed by atoms with Crippen molar-refractivity contribution in [3.05, 3.63) is 23.8 Å². The first-order valence-corrected chi connectivity index (χ1v) is 7.80. The number of ether oxygens (including phenoxy) is 3. The average Bonchev–Trinajstić information content (AvgIpc) is 2.93. The molecule has 1 aromatic carbocycles. The zero-order chi connectivity index (χ0) is 15.2. The third-order valence-corrected chi connectivity index (χ3v) is 4.02. The highest BCUT2D eigenvalue weighted by Crippen LogP contribution is 2.35. The van der Waals surface area contributed by atoms with E-state index in [4.69, 9.17) is 14.2 Å². The Balaban J connectivity index is 2.23. The van der Waals surface area contributed by atoms with E-state index in [-0.39, 0.29) is 12.1 Å². The van der Waals surface area contributed by atoms with Gasteiger partial charge in [-0.25, -0.2) is 0 Å². The molecule has 1 heterocycles. The monoisotopic (exact) mass is 293 g/mol. The molecule has 0 aromatic heterocycles. The Labute approximate surface area is 127 Å². The van der Waals surface area contributed by atoms with E-state index in [1.807, 2.05) is 6.07 Å². The Morgan fingerprint density at radius 1 is 1.24 bits per heavy atom. The van der Waals surface area contributed by atoms with Crippen LogP contribution in [0.3, 0.4) is 0 Å². The molecule has 3 atom stereocenters. The van der Waals surface area contributed by atoms with E-state index < -0.39 is 0 Å². The lowest BCUT2D eigenvalue weighted by molar-refractivity contribution is 0.0316. The molecule has 4 nitrogen and oxygen atoms in total. The van der Waals surface area contributed by atoms with E-state index in [0.717, 1.165) is 37.3 Å². The summed E-state index contributed by atoms with van der Waals surface area (Å²) >= 11 is 0. The van der Waals surface area contributed by atoms with Gasteiger partial charge >= 0.3 is 0 Å². The van der Waals surface area contributed by atoms with Crippen molar-refractivity contribution < 1.29 is 14.2 Å². The van der Waals surface area contributed by atoms with Crippen LogP contribution in [0.4, 0.5) is 0 Å². The van der Waals surface area contributed by atoms with Crippen LogP contribution >= 0.6 is 0 Å². The first-order valence-electron chi connectivity index (χ1n) is 7.80. The van der Waals surface area contributed by atoms with Gasteiger partial charge in [-0.2, -0.15) is 0 Å². The molecule has 0 spiro atoms. The van der Waals surface area contributed by atoms with Crippen LogP contribution in [0.5, 0.6) is 11.5 Å². The number of methoxy groups -OCH3 is 2. The summed E-state index contributed by atoms with van der Waals surface area (Å²) in [6.45, 7) is 5.30. The van der Waals surface area contributed by atoms with Crippen LogP contribution in [0, 0.1) is 0 Å². The van der Waals surface area contributed by atoms with Crippen molar-refractivity contribution in [3.8, 4) is 11.5 Å². The minimum absolute atomic E-state index is 0.203. The van der Waals surface area contributed by atoms with Crippen LogP contribution < -0.4 is 14.8 Å². The molecule has 0 bridgehead atoms. The van der Waals surface area contributed by atoms with Gasteiger partial charge in [0.25, 0.3) is 0 Å². The van der Waals surface area contributed by atoms with Gasteiger partial charge in [0.1, 0.15) is 0 Å². The van der Waals surface area contributed by atoms with Crippen molar-refractivity contribution in [1.82, 2.24) is 5.32 Å². The molecule has 0 saturated carbocycles. The first-order chi connectivity index (χ1) is 10.2. The lowest BCUT2D eigenvalue weighted by atomic mass is 9.98. The first kappa shape index (κ1) is 16.1. The molecule has 3 unspecified atom stereocenters. The smallest absolute Gasteiger partial charge is 0.161 e. The lowest BCUT2D eigenvalue weighted by Crippen LogP contribution is -2.32. The van der Waals surface area contributed by atoms with Gasteiger partial charge in [-0.3, -0.25) is 0 Å². The summed E-state index contributed by atoms with van der Waals surface area (Å²) in [5, 5.41) is 3.62. The van der Waals surface area contributed by atoms with E-state index in [1.54, 1.807) is 14.2 Å². The molecule has 0 amide bonds. The van der Waals surface area contributed by atoms with Gasteiger partial charge in [0, 0.05) is 0 Å². The molecule has 1 N–H and O–H groups in total. The van der Waals surface area contributed by atoms with Gasteiger partial charge in [-0.05, 0) is 50.4 Å². The molecule has 0 aliphatic carbocycles. The summed E-state index contributed by atoms with van der Waals surface area (Å²) in [5.74, 6) is 1.53. The maximum atomic E-state index is 6.07. The van der Waals surface area contributed by atoms with Crippen molar-refractivity contribution >= 4 is 0 Å². The molecule has 0 radical (unpaired) electrons. The second-order valence-electron chi connectivity index (χ2n) is 5.61. The van der Waals surface area contributed by atoms with Crippen molar-refractivity contribution in [2.24, 2.45) is 0 Å². The lowest BCUT2D eigenvalue weighted by Gasteiger charge is -2.26. The van der Waals surface area contributed by atoms with Gasteiger partial charge in [-0.1, -0.05) is 13.0 Å². The van der Waals surface area contributed by atoms with E-state index in [0.29, 0.717) is 6.10 Å². The topological polar surface area (TPSA) is 39.7 Å². The van der Waals surface area contributed by atoms with Crippen LogP contribution in [0.2, 0.25) is 0 Å². The number of hydrogen-bond acceptors (Lipinski definition) is 4. The molecule has 1 aliphatic rings. The minimum Gasteiger partial charge on any atom is -0.493 e. The van der Waals surface area contributed by atoms with Gasteiger partial charge in [0.05, 0.1) is 32.5 Å². The van der Waals surface area contributed by atoms with Crippen molar-refractivity contribution in [1.29, 1.82) is 0 Å². The van der Waals surface area contributed by atoms with Crippen LogP contribution in [-0.2, 0) is 4.74 Å². The zero-order valence-electron chi connectivity index (χ0n) is 13.5. The predicted octanol–water partition coefficient (Wildman–Crippen LogP) is 3.31. The standard InChI is InChI=1S/C17H27NO3/c1-5-10-18-17(15-8-6-12(2)21-15)13-7-9-14(19-3)16(11-13)20-4/h7,9,11-12,15,17-18H,5-6,8,10H2,1-4H3. The molecule has 1 aromatic rings. The van der Waals surface area contributed by atoms with Gasteiger partial charge in [0.2, 0.25) is 0 Å². The average molecular weight is 293 g/mol. The van der Waals surface area contributed by atoms with Crippen LogP contribution in [0.1, 0.15) is 44.7 Å². The highest BCUT2D eigenvalue weighted by Gasteiger charge is 2.30. The molecular formula is C17H27NO3. The summed E-state index contributed by atoms with van der Waals surface area (Å²) < 4.78 is 16.8. The highest BCUT2D eigenvalue weighted by atomic mass is 16.5. The Bertz CT molecular complexity index is 450. The summed E-state index contributed by atoms with van der Waals surface area (Å²) in [5.41, 5.74) is 1.19. The number of benzene rings is 1. The van der Waals surface area contributed by atoms with E-state index in [9.17, 15) is 0 Å². The fourth-order valence-corrected chi connectivity index (χ4v) is 2.89. The van der Waals surface area contributed by atoms with Gasteiger partial charge in [0.15, 0.2) is 11.5 Å². The van der Waals surface area contributed by atoms with Gasteiger partial charge in [-0.15, -0.1) is 0 Å². The Kier molecular flexibility index (Phi) is 5.88. The molecule has 21 heavy (non-hydrogen) atoms. The van der Waals surface area contributed by atoms with Gasteiger partial charge < -0.3 is 19.5 Å². The third-order valence-electron chi connectivity index (χ3n) is 4.02. The Hall–Kier alpha value is -1.26. The zero-order valence-corrected chi connectivity index (χ0v) is 13.5. The van der Waals surface area contributed by atoms with Crippen molar-refractivity contribution in [2.75, 3.05) is 20.8 Å². The normalized spacial score (nSPS) is 23.0. The van der Waals surface area contributed by atoms with Crippen LogP contribution in [0.15, 0.2) is 18.2 Å². The van der Waals surface area contributed by atoms with E-state index in [2.05, 4.69) is 31.3 Å². The second-order valence-corrected chi connectivity index (χ2v) is 5.61. The molecule has 1 aliphatic heterocycles. The number of nitrogens with one attached hydrogen (secondary N) is 1. The molecular weight excluding hydrogens is 266 g/mol. The molecule has 1 fully saturated rings. The molecule has 2 rings (SSSR count). The van der Waals surface area contributed by atoms with Crippen LogP contribution in [-0.4, -0.2) is 33.0 Å². The van der Waals surface area contributed by atoms with Crippen molar-refractivity contribution in [2.45, 2.75) is 51.4 Å². The van der Waals surface area contributed by atoms with E-state index >= 15 is 0 Å². The fourth-order valence-electron chi connectivity index (χ4n) is 2.89. The molecule has 118 valence electrons. The van der Waals surface area contributed by atoms with E-state index in [1.165, 1.54) is 5.56 Å². The van der Waals surface area contributed by atoms with Crippen LogP contribution in [0.25, 0.3) is 0 Å². The second kappa shape index (κ2) is 7.66. The SMILES string of the molecule is CCCNC(c1ccc(OC)c(OC)c1)C1CCC(C)O1. The maximum Gasteiger partial charge on any atom is 0.161 e. The number of hydrogen-bond donors (Lipinski definition) is 1.